The highest BCUT2D eigenvalue weighted by Gasteiger charge is 2.43. The first-order valence-corrected chi connectivity index (χ1v) is 14.5. The van der Waals surface area contributed by atoms with Gasteiger partial charge in [-0.25, -0.2) is 4.79 Å². The minimum Gasteiger partial charge on any atom is -0.461 e. The second kappa shape index (κ2) is 19.6. The van der Waals surface area contributed by atoms with E-state index in [1.54, 1.807) is 0 Å². The summed E-state index contributed by atoms with van der Waals surface area (Å²) in [6, 6.07) is -0.632. The fourth-order valence-electron chi connectivity index (χ4n) is 4.90. The molecule has 1 unspecified atom stereocenters. The number of cyclic esters (lactones) is 1. The number of nitrogens with one attached hydrogen (secondary N) is 1. The maximum Gasteiger partial charge on any atom is 0.328 e. The summed E-state index contributed by atoms with van der Waals surface area (Å²) in [4.78, 5) is 36.0. The Morgan fingerprint density at radius 3 is 2.06 bits per heavy atom. The highest BCUT2D eigenvalue weighted by Crippen LogP contribution is 2.32. The van der Waals surface area contributed by atoms with Crippen LogP contribution in [0.2, 0.25) is 0 Å². The van der Waals surface area contributed by atoms with Crippen LogP contribution in [-0.2, 0) is 23.9 Å². The second-order valence-electron chi connectivity index (χ2n) is 10.8. The van der Waals surface area contributed by atoms with Crippen LogP contribution in [0.4, 0.5) is 0 Å². The van der Waals surface area contributed by atoms with E-state index in [1.807, 2.05) is 13.8 Å². The maximum absolute atomic E-state index is 12.9. The normalized spacial score (nSPS) is 19.1. The summed E-state index contributed by atoms with van der Waals surface area (Å²) in [6.07, 6.45) is 18.5. The van der Waals surface area contributed by atoms with E-state index < -0.39 is 6.04 Å². The average molecular weight is 496 g/mol. The van der Waals surface area contributed by atoms with Crippen LogP contribution < -0.4 is 5.32 Å². The molecule has 1 aliphatic rings. The molecular weight excluding hydrogens is 442 g/mol. The first-order valence-electron chi connectivity index (χ1n) is 14.5. The lowest BCUT2D eigenvalue weighted by atomic mass is 9.86. The van der Waals surface area contributed by atoms with Crippen molar-refractivity contribution in [2.45, 2.75) is 155 Å². The molecule has 1 N–H and O–H groups in total. The van der Waals surface area contributed by atoms with Crippen LogP contribution in [0.25, 0.3) is 0 Å². The fraction of sp³-hybridized carbons (Fsp3) is 0.897. The van der Waals surface area contributed by atoms with Gasteiger partial charge in [-0.15, -0.1) is 0 Å². The molecule has 0 saturated carbocycles. The zero-order valence-corrected chi connectivity index (χ0v) is 23.0. The first kappa shape index (κ1) is 31.4. The Balaban J connectivity index is 2.58. The van der Waals surface area contributed by atoms with E-state index in [0.29, 0.717) is 19.3 Å². The largest absolute Gasteiger partial charge is 0.461 e. The van der Waals surface area contributed by atoms with Crippen LogP contribution >= 0.6 is 0 Å². The Hall–Kier alpha value is -1.59. The van der Waals surface area contributed by atoms with Gasteiger partial charge in [0.05, 0.1) is 5.92 Å². The SMILES string of the molecule is CCCCCCCCCCCC(C[C@H]1OC(=O)[C@H]1CCCCCC)OC(=O)[C@@H](CC(C)C)NC=O. The van der Waals surface area contributed by atoms with Crippen LogP contribution in [-0.4, -0.2) is 36.6 Å². The molecule has 204 valence electrons. The van der Waals surface area contributed by atoms with Crippen molar-refractivity contribution in [1.29, 1.82) is 0 Å². The minimum absolute atomic E-state index is 0.0734. The van der Waals surface area contributed by atoms with Crippen LogP contribution in [0, 0.1) is 11.8 Å². The molecule has 1 heterocycles. The van der Waals surface area contributed by atoms with Gasteiger partial charge in [-0.3, -0.25) is 9.59 Å². The van der Waals surface area contributed by atoms with Crippen LogP contribution in [0.5, 0.6) is 0 Å². The van der Waals surface area contributed by atoms with Crippen LogP contribution in [0.3, 0.4) is 0 Å². The standard InChI is InChI=1S/C29H53NO5/c1-5-7-9-11-12-13-14-15-16-18-24(34-29(33)26(30-22-31)20-23(3)4)21-27-25(28(32)35-27)19-17-10-8-6-2/h22-27H,5-21H2,1-4H3,(H,30,31)/t24?,25-,26+,27+/m0/s1. The van der Waals surface area contributed by atoms with Gasteiger partial charge in [0.25, 0.3) is 0 Å². The summed E-state index contributed by atoms with van der Waals surface area (Å²) in [5.41, 5.74) is 0. The first-order chi connectivity index (χ1) is 16.9. The Labute approximate surface area is 214 Å². The van der Waals surface area contributed by atoms with Crippen molar-refractivity contribution in [3.8, 4) is 0 Å². The van der Waals surface area contributed by atoms with E-state index in [1.165, 1.54) is 57.8 Å². The molecule has 0 aromatic heterocycles. The molecule has 0 spiro atoms. The smallest absolute Gasteiger partial charge is 0.328 e. The quantitative estimate of drug-likeness (QED) is 0.0949. The summed E-state index contributed by atoms with van der Waals surface area (Å²) in [6.45, 7) is 8.45. The topological polar surface area (TPSA) is 81.7 Å². The van der Waals surface area contributed by atoms with Gasteiger partial charge in [-0.05, 0) is 31.6 Å². The number of hydrogen-bond acceptors (Lipinski definition) is 5. The number of hydrogen-bond donors (Lipinski definition) is 1. The molecule has 0 aromatic carbocycles. The fourth-order valence-corrected chi connectivity index (χ4v) is 4.90. The van der Waals surface area contributed by atoms with Gasteiger partial charge in [0.2, 0.25) is 6.41 Å². The summed E-state index contributed by atoms with van der Waals surface area (Å²) in [5, 5.41) is 2.62. The number of unbranched alkanes of at least 4 members (excludes halogenated alkanes) is 11. The van der Waals surface area contributed by atoms with Crippen molar-refractivity contribution >= 4 is 18.3 Å². The number of carbonyl (C=O) groups is 3. The van der Waals surface area contributed by atoms with Crippen molar-refractivity contribution in [2.24, 2.45) is 11.8 Å². The van der Waals surface area contributed by atoms with E-state index >= 15 is 0 Å². The molecule has 1 rings (SSSR count). The monoisotopic (exact) mass is 495 g/mol. The molecule has 0 aromatic rings. The van der Waals surface area contributed by atoms with E-state index in [9.17, 15) is 14.4 Å². The zero-order valence-electron chi connectivity index (χ0n) is 23.0. The molecule has 1 aliphatic heterocycles. The highest BCUT2D eigenvalue weighted by atomic mass is 16.6. The summed E-state index contributed by atoms with van der Waals surface area (Å²) < 4.78 is 11.4. The molecule has 1 fully saturated rings. The summed E-state index contributed by atoms with van der Waals surface area (Å²) in [7, 11) is 0. The number of carbonyl (C=O) groups excluding carboxylic acids is 3. The molecule has 0 aliphatic carbocycles. The van der Waals surface area contributed by atoms with E-state index in [2.05, 4.69) is 19.2 Å². The Kier molecular flexibility index (Phi) is 17.6. The molecule has 1 saturated heterocycles. The minimum atomic E-state index is -0.632. The van der Waals surface area contributed by atoms with Gasteiger partial charge >= 0.3 is 11.9 Å². The predicted octanol–water partition coefficient (Wildman–Crippen LogP) is 6.88. The maximum atomic E-state index is 12.9. The second-order valence-corrected chi connectivity index (χ2v) is 10.8. The lowest BCUT2D eigenvalue weighted by molar-refractivity contribution is -0.190. The lowest BCUT2D eigenvalue weighted by Crippen LogP contribution is -2.48. The van der Waals surface area contributed by atoms with E-state index in [-0.39, 0.29) is 36.0 Å². The molecule has 35 heavy (non-hydrogen) atoms. The summed E-state index contributed by atoms with van der Waals surface area (Å²) in [5.74, 6) is -0.302. The van der Waals surface area contributed by atoms with Gasteiger partial charge in [-0.2, -0.15) is 0 Å². The van der Waals surface area contributed by atoms with Gasteiger partial charge in [-0.1, -0.05) is 105 Å². The third-order valence-corrected chi connectivity index (χ3v) is 7.06. The predicted molar refractivity (Wildman–Crippen MR) is 141 cm³/mol. The van der Waals surface area contributed by atoms with Gasteiger partial charge in [0, 0.05) is 6.42 Å². The molecule has 6 heteroatoms. The van der Waals surface area contributed by atoms with Crippen LogP contribution in [0.15, 0.2) is 0 Å². The van der Waals surface area contributed by atoms with E-state index in [0.717, 1.165) is 38.5 Å². The Morgan fingerprint density at radius 1 is 0.943 bits per heavy atom. The molecular formula is C29H53NO5. The number of ether oxygens (including phenoxy) is 2. The number of esters is 2. The van der Waals surface area contributed by atoms with Gasteiger partial charge < -0.3 is 14.8 Å². The number of rotatable bonds is 23. The lowest BCUT2D eigenvalue weighted by Gasteiger charge is -2.37. The van der Waals surface area contributed by atoms with Crippen molar-refractivity contribution in [3.63, 3.8) is 0 Å². The molecule has 0 radical (unpaired) electrons. The molecule has 1 amide bonds. The van der Waals surface area contributed by atoms with Gasteiger partial charge in [0.1, 0.15) is 18.2 Å². The van der Waals surface area contributed by atoms with Crippen LogP contribution in [0.1, 0.15) is 137 Å². The van der Waals surface area contributed by atoms with Crippen molar-refractivity contribution < 1.29 is 23.9 Å². The Morgan fingerprint density at radius 2 is 1.51 bits per heavy atom. The van der Waals surface area contributed by atoms with Crippen molar-refractivity contribution in [1.82, 2.24) is 5.32 Å². The number of amides is 1. The van der Waals surface area contributed by atoms with Crippen molar-refractivity contribution in [3.05, 3.63) is 0 Å². The third-order valence-electron chi connectivity index (χ3n) is 7.06. The van der Waals surface area contributed by atoms with E-state index in [4.69, 9.17) is 9.47 Å². The highest BCUT2D eigenvalue weighted by molar-refractivity contribution is 5.79. The molecule has 4 atom stereocenters. The summed E-state index contributed by atoms with van der Waals surface area (Å²) >= 11 is 0. The molecule has 0 bridgehead atoms. The Bertz CT molecular complexity index is 579. The van der Waals surface area contributed by atoms with Crippen molar-refractivity contribution in [2.75, 3.05) is 0 Å². The zero-order chi connectivity index (χ0) is 25.9. The third kappa shape index (κ3) is 13.9. The molecule has 6 nitrogen and oxygen atoms in total. The van der Waals surface area contributed by atoms with Gasteiger partial charge in [0.15, 0.2) is 0 Å². The average Bonchev–Trinajstić information content (AvgIpc) is 2.81.